The predicted molar refractivity (Wildman–Crippen MR) is 146 cm³/mol. The SMILES string of the molecule is CCC=CCCOc1c(O)c2ccc(O[C@H]3O[C@H](COC(C)=O)[C@@H](OC(C)=O)[C@H](OC(C)=O)[C@@H]3OC(C)=O)cc2oc1=O. The lowest BCUT2D eigenvalue weighted by atomic mass is 9.98. The number of allylic oxidation sites excluding steroid dienone is 1. The summed E-state index contributed by atoms with van der Waals surface area (Å²) in [5, 5.41) is 10.8. The molecule has 0 radical (unpaired) electrons. The summed E-state index contributed by atoms with van der Waals surface area (Å²) in [6.07, 6.45) is -1.77. The molecule has 234 valence electrons. The van der Waals surface area contributed by atoms with Gasteiger partial charge in [0.05, 0.1) is 12.0 Å². The fourth-order valence-electron chi connectivity index (χ4n) is 4.28. The molecule has 1 aromatic carbocycles. The van der Waals surface area contributed by atoms with Crippen LogP contribution >= 0.6 is 0 Å². The van der Waals surface area contributed by atoms with E-state index in [1.165, 1.54) is 18.2 Å². The number of esters is 4. The van der Waals surface area contributed by atoms with Gasteiger partial charge in [-0.15, -0.1) is 0 Å². The summed E-state index contributed by atoms with van der Waals surface area (Å²) < 4.78 is 43.8. The highest BCUT2D eigenvalue weighted by Crippen LogP contribution is 2.35. The molecule has 0 spiro atoms. The fourth-order valence-corrected chi connectivity index (χ4v) is 4.28. The molecule has 0 bridgehead atoms. The van der Waals surface area contributed by atoms with E-state index in [0.29, 0.717) is 6.42 Å². The van der Waals surface area contributed by atoms with Crippen molar-refractivity contribution < 1.29 is 61.9 Å². The predicted octanol–water partition coefficient (Wildman–Crippen LogP) is 2.70. The number of rotatable bonds is 12. The molecule has 14 heteroatoms. The third-order valence-corrected chi connectivity index (χ3v) is 5.95. The fraction of sp³-hybridized carbons (Fsp3) is 0.483. The van der Waals surface area contributed by atoms with Gasteiger partial charge in [0.15, 0.2) is 18.0 Å². The maximum atomic E-state index is 12.6. The Hall–Kier alpha value is -4.59. The standard InChI is InChI=1S/C29H34O14/c1-6-7-8-9-12-36-25-23(34)20-11-10-19(13-21(20)42-28(25)35)41-29-27(40-18(5)33)26(39-17(4)32)24(38-16(3)31)22(43-29)14-37-15(2)30/h7-8,10-11,13,22,24,26-27,29,34H,6,9,12,14H2,1-5H3/t22-,24-,26+,27+,29+/m1/s1. The molecule has 1 aromatic heterocycles. The third kappa shape index (κ3) is 8.95. The molecule has 1 saturated heterocycles. The first-order valence-corrected chi connectivity index (χ1v) is 13.5. The van der Waals surface area contributed by atoms with Gasteiger partial charge in [-0.25, -0.2) is 4.79 Å². The van der Waals surface area contributed by atoms with Crippen LogP contribution in [0.1, 0.15) is 47.5 Å². The van der Waals surface area contributed by atoms with Gasteiger partial charge in [0, 0.05) is 33.8 Å². The van der Waals surface area contributed by atoms with E-state index in [4.69, 9.17) is 37.6 Å². The minimum absolute atomic E-state index is 0.0225. The smallest absolute Gasteiger partial charge is 0.383 e. The van der Waals surface area contributed by atoms with E-state index in [0.717, 1.165) is 34.1 Å². The highest BCUT2D eigenvalue weighted by atomic mass is 16.7. The zero-order valence-electron chi connectivity index (χ0n) is 24.4. The van der Waals surface area contributed by atoms with E-state index < -0.39 is 72.6 Å². The molecule has 0 saturated carbocycles. The second-order valence-electron chi connectivity index (χ2n) is 9.43. The van der Waals surface area contributed by atoms with Gasteiger partial charge in [0.1, 0.15) is 24.0 Å². The Morgan fingerprint density at radius 3 is 2.19 bits per heavy atom. The van der Waals surface area contributed by atoms with Gasteiger partial charge in [-0.1, -0.05) is 19.1 Å². The molecule has 5 atom stereocenters. The topological polar surface area (TPSA) is 183 Å². The first kappa shape index (κ1) is 32.9. The summed E-state index contributed by atoms with van der Waals surface area (Å²) in [5.41, 5.74) is -0.988. The minimum Gasteiger partial charge on any atom is -0.504 e. The third-order valence-electron chi connectivity index (χ3n) is 5.95. The molecule has 1 N–H and O–H groups in total. The molecule has 0 amide bonds. The molecular formula is C29H34O14. The molecule has 3 rings (SSSR count). The largest absolute Gasteiger partial charge is 0.504 e. The van der Waals surface area contributed by atoms with Gasteiger partial charge in [-0.3, -0.25) is 19.2 Å². The monoisotopic (exact) mass is 606 g/mol. The van der Waals surface area contributed by atoms with Crippen LogP contribution in [-0.4, -0.2) is 72.9 Å². The highest BCUT2D eigenvalue weighted by Gasteiger charge is 2.53. The van der Waals surface area contributed by atoms with Crippen LogP contribution in [0, 0.1) is 0 Å². The molecule has 2 heterocycles. The van der Waals surface area contributed by atoms with Gasteiger partial charge in [-0.2, -0.15) is 0 Å². The lowest BCUT2D eigenvalue weighted by Gasteiger charge is -2.43. The van der Waals surface area contributed by atoms with E-state index in [1.54, 1.807) is 0 Å². The van der Waals surface area contributed by atoms with Crippen LogP contribution in [0.2, 0.25) is 0 Å². The van der Waals surface area contributed by atoms with E-state index in [2.05, 4.69) is 0 Å². The van der Waals surface area contributed by atoms with Gasteiger partial charge < -0.3 is 42.7 Å². The summed E-state index contributed by atoms with van der Waals surface area (Å²) in [6.45, 7) is 6.14. The first-order chi connectivity index (χ1) is 20.4. The van der Waals surface area contributed by atoms with Crippen molar-refractivity contribution >= 4 is 34.8 Å². The van der Waals surface area contributed by atoms with E-state index in [9.17, 15) is 29.1 Å². The van der Waals surface area contributed by atoms with Gasteiger partial charge in [0.2, 0.25) is 18.1 Å². The number of carbonyl (C=O) groups excluding carboxylic acids is 4. The number of aromatic hydroxyl groups is 1. The normalized spacial score (nSPS) is 21.7. The van der Waals surface area contributed by atoms with Crippen molar-refractivity contribution in [1.29, 1.82) is 0 Å². The molecular weight excluding hydrogens is 572 g/mol. The van der Waals surface area contributed by atoms with Gasteiger partial charge >= 0.3 is 29.5 Å². The second kappa shape index (κ2) is 15.0. The van der Waals surface area contributed by atoms with Crippen molar-refractivity contribution in [2.24, 2.45) is 0 Å². The van der Waals surface area contributed by atoms with Crippen molar-refractivity contribution in [2.45, 2.75) is 78.2 Å². The zero-order chi connectivity index (χ0) is 31.7. The molecule has 0 unspecified atom stereocenters. The summed E-state index contributed by atoms with van der Waals surface area (Å²) in [5.74, 6) is -3.78. The minimum atomic E-state index is -1.50. The Morgan fingerprint density at radius 1 is 0.907 bits per heavy atom. The number of ether oxygens (including phenoxy) is 7. The first-order valence-electron chi connectivity index (χ1n) is 13.5. The average Bonchev–Trinajstić information content (AvgIpc) is 2.91. The number of hydrogen-bond acceptors (Lipinski definition) is 14. The Balaban J connectivity index is 1.96. The van der Waals surface area contributed by atoms with Crippen LogP contribution in [0.15, 0.2) is 39.6 Å². The van der Waals surface area contributed by atoms with Crippen molar-refractivity contribution in [3.63, 3.8) is 0 Å². The molecule has 43 heavy (non-hydrogen) atoms. The van der Waals surface area contributed by atoms with Crippen molar-refractivity contribution in [1.82, 2.24) is 0 Å². The van der Waals surface area contributed by atoms with Crippen LogP contribution < -0.4 is 15.1 Å². The van der Waals surface area contributed by atoms with Crippen LogP contribution in [0.5, 0.6) is 17.2 Å². The zero-order valence-corrected chi connectivity index (χ0v) is 24.4. The molecule has 2 aromatic rings. The summed E-state index contributed by atoms with van der Waals surface area (Å²) in [7, 11) is 0. The summed E-state index contributed by atoms with van der Waals surface area (Å²) >= 11 is 0. The van der Waals surface area contributed by atoms with Crippen LogP contribution in [0.25, 0.3) is 11.0 Å². The lowest BCUT2D eigenvalue weighted by Crippen LogP contribution is -2.63. The van der Waals surface area contributed by atoms with Gasteiger partial charge in [0.25, 0.3) is 0 Å². The molecule has 14 nitrogen and oxygen atoms in total. The van der Waals surface area contributed by atoms with Crippen molar-refractivity contribution in [3.05, 3.63) is 40.8 Å². The lowest BCUT2D eigenvalue weighted by molar-refractivity contribution is -0.288. The van der Waals surface area contributed by atoms with Crippen molar-refractivity contribution in [2.75, 3.05) is 13.2 Å². The number of benzene rings is 1. The Bertz CT molecular complexity index is 1410. The Labute approximate surface area is 246 Å². The molecule has 1 fully saturated rings. The van der Waals surface area contributed by atoms with E-state index >= 15 is 0 Å². The van der Waals surface area contributed by atoms with Gasteiger partial charge in [-0.05, 0) is 25.0 Å². The molecule has 0 aliphatic carbocycles. The summed E-state index contributed by atoms with van der Waals surface area (Å²) in [6, 6.07) is 4.08. The Morgan fingerprint density at radius 2 is 1.56 bits per heavy atom. The quantitative estimate of drug-likeness (QED) is 0.122. The highest BCUT2D eigenvalue weighted by molar-refractivity contribution is 5.86. The van der Waals surface area contributed by atoms with Crippen molar-refractivity contribution in [3.8, 4) is 17.2 Å². The average molecular weight is 607 g/mol. The Kier molecular flexibility index (Phi) is 11.5. The number of carbonyl (C=O) groups is 4. The van der Waals surface area contributed by atoms with Crippen LogP contribution in [0.3, 0.4) is 0 Å². The molecule has 1 aliphatic rings. The summed E-state index contributed by atoms with van der Waals surface area (Å²) in [4.78, 5) is 60.0. The van der Waals surface area contributed by atoms with Crippen LogP contribution in [-0.2, 0) is 42.9 Å². The van der Waals surface area contributed by atoms with Crippen LogP contribution in [0.4, 0.5) is 0 Å². The van der Waals surface area contributed by atoms with E-state index in [1.807, 2.05) is 19.1 Å². The maximum Gasteiger partial charge on any atom is 0.383 e. The number of fused-ring (bicyclic) bond motifs is 1. The maximum absolute atomic E-state index is 12.6. The number of hydrogen-bond donors (Lipinski definition) is 1. The molecule has 1 aliphatic heterocycles. The second-order valence-corrected chi connectivity index (χ2v) is 9.43. The van der Waals surface area contributed by atoms with E-state index in [-0.39, 0.29) is 29.1 Å².